The fraction of sp³-hybridized carbons (Fsp3) is 0.125. The molecule has 0 radical (unpaired) electrons. The van der Waals surface area contributed by atoms with Gasteiger partial charge < -0.3 is 9.47 Å². The van der Waals surface area contributed by atoms with Crippen LogP contribution in [-0.2, 0) is 16.1 Å². The van der Waals surface area contributed by atoms with Gasteiger partial charge in [0, 0.05) is 38.7 Å². The van der Waals surface area contributed by atoms with Gasteiger partial charge in [-0.05, 0) is 65.7 Å². The van der Waals surface area contributed by atoms with Gasteiger partial charge in [-0.15, -0.1) is 0 Å². The van der Waals surface area contributed by atoms with Gasteiger partial charge in [-0.25, -0.2) is 14.6 Å². The number of nitrogens with zero attached hydrogens (tertiary/aromatic N) is 1. The minimum absolute atomic E-state index is 0.0597. The van der Waals surface area contributed by atoms with E-state index in [1.165, 1.54) is 18.3 Å². The molecule has 2 N–H and O–H groups in total. The van der Waals surface area contributed by atoms with Crippen molar-refractivity contribution in [2.75, 3.05) is 21.7 Å². The van der Waals surface area contributed by atoms with Crippen LogP contribution >= 0.6 is 57.4 Å². The molecule has 0 saturated heterocycles. The molecule has 9 nitrogen and oxygen atoms in total. The summed E-state index contributed by atoms with van der Waals surface area (Å²) >= 11 is 18.4. The maximum absolute atomic E-state index is 11.6. The summed E-state index contributed by atoms with van der Waals surface area (Å²) in [6.07, 6.45) is 0.322. The molecule has 0 unspecified atom stereocenters. The highest BCUT2D eigenvalue weighted by Gasteiger charge is 2.08. The molecule has 37 heavy (non-hydrogen) atoms. The molecular formula is C24H19Cl3IN3O6. The zero-order valence-corrected chi connectivity index (χ0v) is 23.3. The molecule has 0 aliphatic rings. The van der Waals surface area contributed by atoms with Gasteiger partial charge in [0.05, 0.1) is 0 Å². The topological polar surface area (TPSA) is 124 Å². The number of hydrogen-bond acceptors (Lipinski definition) is 7. The molecule has 13 heteroatoms. The SMILES string of the molecule is O=C(Nc1cccc(C(=O)Cl)c1)OCCI.O=C(Nc1cccc(C(=O)Cl)c1)OCc1ccc(Cl)nc1. The second kappa shape index (κ2) is 16.0. The Kier molecular flexibility index (Phi) is 13.1. The van der Waals surface area contributed by atoms with E-state index in [1.807, 2.05) is 0 Å². The van der Waals surface area contributed by atoms with Crippen LogP contribution in [0.4, 0.5) is 21.0 Å². The van der Waals surface area contributed by atoms with Gasteiger partial charge in [-0.1, -0.05) is 52.4 Å². The van der Waals surface area contributed by atoms with Gasteiger partial charge in [0.1, 0.15) is 18.4 Å². The summed E-state index contributed by atoms with van der Waals surface area (Å²) in [6.45, 7) is 0.407. The Hall–Kier alpha value is -2.93. The van der Waals surface area contributed by atoms with Gasteiger partial charge in [0.15, 0.2) is 0 Å². The first-order valence-electron chi connectivity index (χ1n) is 10.3. The number of amides is 2. The van der Waals surface area contributed by atoms with E-state index >= 15 is 0 Å². The normalized spacial score (nSPS) is 9.84. The zero-order chi connectivity index (χ0) is 27.2. The Bertz CT molecular complexity index is 1240. The molecule has 0 bridgehead atoms. The van der Waals surface area contributed by atoms with Crippen LogP contribution in [0.3, 0.4) is 0 Å². The second-order valence-corrected chi connectivity index (χ2v) is 9.00. The molecule has 0 aliphatic carbocycles. The summed E-state index contributed by atoms with van der Waals surface area (Å²) in [5.41, 5.74) is 2.22. The molecule has 0 spiro atoms. The lowest BCUT2D eigenvalue weighted by molar-refractivity contribution is 0.107. The molecule has 3 aromatic rings. The number of ether oxygens (including phenoxy) is 2. The lowest BCUT2D eigenvalue weighted by Crippen LogP contribution is -2.14. The summed E-state index contributed by atoms with van der Waals surface area (Å²) in [7, 11) is 0. The maximum atomic E-state index is 11.6. The van der Waals surface area contributed by atoms with Crippen LogP contribution in [0, 0.1) is 0 Å². The fourth-order valence-electron chi connectivity index (χ4n) is 2.52. The number of anilines is 2. The van der Waals surface area contributed by atoms with Crippen LogP contribution in [0.15, 0.2) is 66.9 Å². The molecule has 0 aliphatic heterocycles. The largest absolute Gasteiger partial charge is 0.448 e. The molecule has 2 amide bonds. The number of pyridine rings is 1. The molecule has 194 valence electrons. The Labute approximate surface area is 240 Å². The second-order valence-electron chi connectivity index (χ2n) is 6.85. The standard InChI is InChI=1S/C14H10Cl2N2O3.C10H9ClINO3/c15-12-5-4-9(7-17-12)8-21-14(20)18-11-3-1-2-10(6-11)13(16)19;11-9(14)7-2-1-3-8(6-7)13-10(15)16-5-4-12/h1-7H,8H2,(H,18,20);1-3,6H,4-5H2,(H,13,15). The Morgan fingerprint density at radius 2 is 1.35 bits per heavy atom. The molecule has 2 aromatic carbocycles. The predicted octanol–water partition coefficient (Wildman–Crippen LogP) is 6.91. The van der Waals surface area contributed by atoms with Crippen LogP contribution in [0.5, 0.6) is 0 Å². The van der Waals surface area contributed by atoms with E-state index in [1.54, 1.807) is 48.5 Å². The summed E-state index contributed by atoms with van der Waals surface area (Å²) in [5, 5.41) is 4.20. The van der Waals surface area contributed by atoms with Crippen LogP contribution in [0.25, 0.3) is 0 Å². The Morgan fingerprint density at radius 3 is 1.81 bits per heavy atom. The van der Waals surface area contributed by atoms with Crippen molar-refractivity contribution in [1.29, 1.82) is 0 Å². The third-order valence-electron chi connectivity index (χ3n) is 4.14. The van der Waals surface area contributed by atoms with E-state index in [-0.39, 0.29) is 12.2 Å². The van der Waals surface area contributed by atoms with Crippen molar-refractivity contribution in [2.45, 2.75) is 6.61 Å². The van der Waals surface area contributed by atoms with Gasteiger partial charge in [0.2, 0.25) is 0 Å². The Morgan fingerprint density at radius 1 is 0.811 bits per heavy atom. The quantitative estimate of drug-likeness (QED) is 0.115. The monoisotopic (exact) mass is 677 g/mol. The summed E-state index contributed by atoms with van der Waals surface area (Å²) in [4.78, 5) is 48.6. The summed E-state index contributed by atoms with van der Waals surface area (Å²) in [5.74, 6) is 0. The number of carbonyl (C=O) groups excluding carboxylic acids is 4. The molecule has 1 heterocycles. The van der Waals surface area contributed by atoms with Crippen LogP contribution in [-0.4, -0.2) is 38.7 Å². The first-order chi connectivity index (χ1) is 17.7. The highest BCUT2D eigenvalue weighted by Crippen LogP contribution is 2.14. The minimum atomic E-state index is -0.649. The van der Waals surface area contributed by atoms with E-state index in [2.05, 4.69) is 38.2 Å². The van der Waals surface area contributed by atoms with Crippen molar-refractivity contribution in [3.05, 3.63) is 88.7 Å². The molecule has 0 saturated carbocycles. The van der Waals surface area contributed by atoms with E-state index in [0.717, 1.165) is 4.43 Å². The number of benzene rings is 2. The smallest absolute Gasteiger partial charge is 0.411 e. The summed E-state index contributed by atoms with van der Waals surface area (Å²) < 4.78 is 10.6. The zero-order valence-electron chi connectivity index (χ0n) is 18.9. The first-order valence-corrected chi connectivity index (χ1v) is 13.0. The van der Waals surface area contributed by atoms with Crippen molar-refractivity contribution in [3.63, 3.8) is 0 Å². The van der Waals surface area contributed by atoms with Gasteiger partial charge in [0.25, 0.3) is 10.5 Å². The number of hydrogen-bond donors (Lipinski definition) is 2. The predicted molar refractivity (Wildman–Crippen MR) is 150 cm³/mol. The third kappa shape index (κ3) is 11.8. The van der Waals surface area contributed by atoms with E-state index < -0.39 is 22.7 Å². The van der Waals surface area contributed by atoms with Gasteiger partial charge >= 0.3 is 12.2 Å². The van der Waals surface area contributed by atoms with Crippen molar-refractivity contribution >= 4 is 91.4 Å². The van der Waals surface area contributed by atoms with Crippen LogP contribution < -0.4 is 10.6 Å². The van der Waals surface area contributed by atoms with Crippen molar-refractivity contribution in [2.24, 2.45) is 0 Å². The average molecular weight is 679 g/mol. The van der Waals surface area contributed by atoms with Crippen LogP contribution in [0.2, 0.25) is 5.15 Å². The molecule has 1 aromatic heterocycles. The maximum Gasteiger partial charge on any atom is 0.411 e. The number of rotatable bonds is 8. The average Bonchev–Trinajstić information content (AvgIpc) is 2.88. The lowest BCUT2D eigenvalue weighted by Gasteiger charge is -2.07. The van der Waals surface area contributed by atoms with Crippen molar-refractivity contribution in [1.82, 2.24) is 4.98 Å². The number of aromatic nitrogens is 1. The Balaban J connectivity index is 0.000000271. The molecule has 3 rings (SSSR count). The van der Waals surface area contributed by atoms with Crippen molar-refractivity contribution in [3.8, 4) is 0 Å². The molecular weight excluding hydrogens is 660 g/mol. The number of carbonyl (C=O) groups is 4. The number of halogens is 4. The highest BCUT2D eigenvalue weighted by molar-refractivity contribution is 14.1. The minimum Gasteiger partial charge on any atom is -0.448 e. The number of alkyl halides is 1. The first kappa shape index (κ1) is 30.3. The highest BCUT2D eigenvalue weighted by atomic mass is 127. The van der Waals surface area contributed by atoms with E-state index in [4.69, 9.17) is 44.3 Å². The van der Waals surface area contributed by atoms with Gasteiger partial charge in [-0.3, -0.25) is 20.2 Å². The van der Waals surface area contributed by atoms with Gasteiger partial charge in [-0.2, -0.15) is 0 Å². The summed E-state index contributed by atoms with van der Waals surface area (Å²) in [6, 6.07) is 15.9. The lowest BCUT2D eigenvalue weighted by atomic mass is 10.2. The van der Waals surface area contributed by atoms with E-state index in [9.17, 15) is 19.2 Å². The van der Waals surface area contributed by atoms with Crippen molar-refractivity contribution < 1.29 is 28.7 Å². The molecule has 0 atom stereocenters. The third-order valence-corrected chi connectivity index (χ3v) is 5.24. The van der Waals surface area contributed by atoms with E-state index in [0.29, 0.717) is 34.3 Å². The number of nitrogens with one attached hydrogen (secondary N) is 2. The molecule has 0 fully saturated rings. The van der Waals surface area contributed by atoms with Crippen LogP contribution in [0.1, 0.15) is 26.3 Å². The fourth-order valence-corrected chi connectivity index (χ4v) is 3.09.